The predicted molar refractivity (Wildman–Crippen MR) is 108 cm³/mol. The summed E-state index contributed by atoms with van der Waals surface area (Å²) >= 11 is 0. The number of hydrogen-bond donors (Lipinski definition) is 1. The summed E-state index contributed by atoms with van der Waals surface area (Å²) in [7, 11) is 0. The second-order valence-electron chi connectivity index (χ2n) is 12.0. The summed E-state index contributed by atoms with van der Waals surface area (Å²) in [5, 5.41) is 11.3. The number of carbonyl (C=O) groups is 3. The number of rotatable bonds is 0. The Morgan fingerprint density at radius 1 is 1.17 bits per heavy atom. The summed E-state index contributed by atoms with van der Waals surface area (Å²) in [6, 6.07) is 0. The van der Waals surface area contributed by atoms with Gasteiger partial charge in [0.25, 0.3) is 0 Å². The van der Waals surface area contributed by atoms with Crippen LogP contribution < -0.4 is 0 Å². The Labute approximate surface area is 176 Å². The van der Waals surface area contributed by atoms with E-state index in [1.807, 2.05) is 20.8 Å². The molecule has 0 unspecified atom stereocenters. The molecular weight excluding hydrogens is 380 g/mol. The van der Waals surface area contributed by atoms with Gasteiger partial charge in [0.2, 0.25) is 0 Å². The van der Waals surface area contributed by atoms with Crippen LogP contribution in [0.2, 0.25) is 0 Å². The number of ether oxygens (including phenoxy) is 1. The van der Waals surface area contributed by atoms with Crippen molar-refractivity contribution in [2.45, 2.75) is 53.1 Å². The van der Waals surface area contributed by atoms with E-state index in [0.717, 1.165) is 18.4 Å². The van der Waals surface area contributed by atoms with Gasteiger partial charge in [0, 0.05) is 16.7 Å². The van der Waals surface area contributed by atoms with E-state index >= 15 is 0 Å². The summed E-state index contributed by atoms with van der Waals surface area (Å²) in [6.07, 6.45) is 5.01. The van der Waals surface area contributed by atoms with Gasteiger partial charge < -0.3 is 9.84 Å². The fourth-order valence-corrected chi connectivity index (χ4v) is 9.75. The first-order chi connectivity index (χ1) is 13.9. The molecule has 160 valence electrons. The molecule has 0 aromatic carbocycles. The highest BCUT2D eigenvalue weighted by atomic mass is 16.5. The molecule has 4 saturated carbocycles. The van der Waals surface area contributed by atoms with Crippen LogP contribution in [0.25, 0.3) is 0 Å². The van der Waals surface area contributed by atoms with Crippen LogP contribution in [0, 0.1) is 50.7 Å². The molecule has 5 fully saturated rings. The first-order valence-electron chi connectivity index (χ1n) is 11.2. The third kappa shape index (κ3) is 1.51. The van der Waals surface area contributed by atoms with Crippen molar-refractivity contribution in [3.8, 4) is 0 Å². The van der Waals surface area contributed by atoms with Crippen molar-refractivity contribution in [2.24, 2.45) is 50.7 Å². The van der Waals surface area contributed by atoms with E-state index in [2.05, 4.69) is 19.6 Å². The Kier molecular flexibility index (Phi) is 3.06. The van der Waals surface area contributed by atoms with Crippen LogP contribution in [0.1, 0.15) is 47.0 Å². The molecule has 3 bridgehead atoms. The van der Waals surface area contributed by atoms with E-state index < -0.39 is 34.2 Å². The highest BCUT2D eigenvalue weighted by Crippen LogP contribution is 2.84. The zero-order valence-corrected chi connectivity index (χ0v) is 18.2. The van der Waals surface area contributed by atoms with Crippen molar-refractivity contribution in [1.82, 2.24) is 0 Å². The SMILES string of the molecule is C=C1[C@@H]2C(=O)[C@@]3(C)C[C@]4(CC[C@H]5C(C)(C)C(=O)C=C[C@]5(C)[C@H]24)[C@@]12COC(=O)[C@@H]2[C@H]3O. The molecular formula is C25H30O5. The van der Waals surface area contributed by atoms with E-state index in [4.69, 9.17) is 4.74 Å². The Balaban J connectivity index is 1.65. The first kappa shape index (κ1) is 19.0. The lowest BCUT2D eigenvalue weighted by Crippen LogP contribution is -2.70. The summed E-state index contributed by atoms with van der Waals surface area (Å²) in [5.74, 6) is -1.22. The number of Topliss-reactive ketones (excluding diaryl/α,β-unsaturated/α-hetero) is 1. The van der Waals surface area contributed by atoms with Gasteiger partial charge in [0.1, 0.15) is 12.4 Å². The molecule has 6 aliphatic rings. The molecule has 1 heterocycles. The molecule has 6 rings (SSSR count). The Morgan fingerprint density at radius 3 is 2.57 bits per heavy atom. The monoisotopic (exact) mass is 410 g/mol. The van der Waals surface area contributed by atoms with Gasteiger partial charge in [-0.05, 0) is 48.0 Å². The van der Waals surface area contributed by atoms with Crippen molar-refractivity contribution in [3.63, 3.8) is 0 Å². The third-order valence-electron chi connectivity index (χ3n) is 10.9. The van der Waals surface area contributed by atoms with Gasteiger partial charge in [-0.1, -0.05) is 45.9 Å². The Hall–Kier alpha value is -1.75. The summed E-state index contributed by atoms with van der Waals surface area (Å²) in [4.78, 5) is 39.6. The standard InChI is InChI=1S/C25H30O5/c1-12-15-17-22(4)8-7-14(26)21(2,3)13(22)6-9-24(17)10-23(5,18(15)27)19(28)16-20(29)30-11-25(12,16)24/h7-8,13,15-17,19,28H,1,6,9-11H2,2-5H3/t13-,15-,16-,17-,19+,22-,23+,24-,25-/m0/s1. The fourth-order valence-electron chi connectivity index (χ4n) is 9.75. The maximum absolute atomic E-state index is 13.9. The minimum atomic E-state index is -1.03. The molecule has 2 spiro atoms. The first-order valence-corrected chi connectivity index (χ1v) is 11.2. The molecule has 9 atom stereocenters. The largest absolute Gasteiger partial charge is 0.464 e. The maximum Gasteiger partial charge on any atom is 0.312 e. The van der Waals surface area contributed by atoms with Gasteiger partial charge in [0.15, 0.2) is 5.78 Å². The Bertz CT molecular complexity index is 991. The van der Waals surface area contributed by atoms with Gasteiger partial charge in [-0.2, -0.15) is 0 Å². The average Bonchev–Trinajstić information content (AvgIpc) is 3.10. The zero-order chi connectivity index (χ0) is 21.6. The van der Waals surface area contributed by atoms with E-state index in [1.54, 1.807) is 6.08 Å². The van der Waals surface area contributed by atoms with Crippen LogP contribution in [0.4, 0.5) is 0 Å². The highest BCUT2D eigenvalue weighted by Gasteiger charge is 2.86. The van der Waals surface area contributed by atoms with Gasteiger partial charge in [0.05, 0.1) is 17.4 Å². The smallest absolute Gasteiger partial charge is 0.312 e. The van der Waals surface area contributed by atoms with Gasteiger partial charge in [-0.3, -0.25) is 14.4 Å². The number of aliphatic hydroxyl groups is 1. The molecule has 1 N–H and O–H groups in total. The number of ketones is 2. The van der Waals surface area contributed by atoms with Gasteiger partial charge in [-0.25, -0.2) is 0 Å². The topological polar surface area (TPSA) is 80.7 Å². The molecule has 0 aromatic rings. The number of cyclic esters (lactones) is 1. The summed E-state index contributed by atoms with van der Waals surface area (Å²) in [5.41, 5.74) is -1.99. The van der Waals surface area contributed by atoms with Gasteiger partial charge >= 0.3 is 5.97 Å². The summed E-state index contributed by atoms with van der Waals surface area (Å²) < 4.78 is 5.62. The lowest BCUT2D eigenvalue weighted by Gasteiger charge is -2.68. The highest BCUT2D eigenvalue weighted by molar-refractivity contribution is 5.98. The number of carbonyl (C=O) groups excluding carboxylic acids is 3. The molecule has 30 heavy (non-hydrogen) atoms. The van der Waals surface area contributed by atoms with Crippen LogP contribution in [-0.4, -0.2) is 35.4 Å². The molecule has 1 saturated heterocycles. The minimum absolute atomic E-state index is 0.0232. The van der Waals surface area contributed by atoms with Crippen LogP contribution in [0.15, 0.2) is 24.3 Å². The summed E-state index contributed by atoms with van der Waals surface area (Å²) in [6.45, 7) is 12.8. The lowest BCUT2D eigenvalue weighted by molar-refractivity contribution is -0.219. The van der Waals surface area contributed by atoms with Gasteiger partial charge in [-0.15, -0.1) is 0 Å². The van der Waals surface area contributed by atoms with Crippen molar-refractivity contribution in [3.05, 3.63) is 24.3 Å². The molecule has 5 aliphatic carbocycles. The third-order valence-corrected chi connectivity index (χ3v) is 10.9. The van der Waals surface area contributed by atoms with E-state index in [-0.39, 0.29) is 46.8 Å². The van der Waals surface area contributed by atoms with E-state index in [0.29, 0.717) is 6.42 Å². The number of fused-ring (bicyclic) bond motifs is 2. The molecule has 5 heteroatoms. The number of esters is 1. The van der Waals surface area contributed by atoms with Crippen molar-refractivity contribution >= 4 is 17.5 Å². The number of aliphatic hydroxyl groups excluding tert-OH is 1. The maximum atomic E-state index is 13.9. The van der Waals surface area contributed by atoms with Crippen LogP contribution in [0.3, 0.4) is 0 Å². The van der Waals surface area contributed by atoms with Crippen molar-refractivity contribution < 1.29 is 24.2 Å². The second-order valence-corrected chi connectivity index (χ2v) is 12.0. The normalized spacial score (nSPS) is 57.2. The molecule has 0 radical (unpaired) electrons. The van der Waals surface area contributed by atoms with Crippen molar-refractivity contribution in [2.75, 3.05) is 6.61 Å². The van der Waals surface area contributed by atoms with E-state index in [1.165, 1.54) is 0 Å². The van der Waals surface area contributed by atoms with Crippen LogP contribution in [-0.2, 0) is 19.1 Å². The predicted octanol–water partition coefficient (Wildman–Crippen LogP) is 2.87. The van der Waals surface area contributed by atoms with Crippen LogP contribution >= 0.6 is 0 Å². The van der Waals surface area contributed by atoms with E-state index in [9.17, 15) is 19.5 Å². The quantitative estimate of drug-likeness (QED) is 0.491. The molecule has 5 nitrogen and oxygen atoms in total. The molecule has 0 aromatic heterocycles. The van der Waals surface area contributed by atoms with Crippen molar-refractivity contribution in [1.29, 1.82) is 0 Å². The average molecular weight is 411 g/mol. The fraction of sp³-hybridized carbons (Fsp3) is 0.720. The molecule has 0 amide bonds. The minimum Gasteiger partial charge on any atom is -0.464 e. The second kappa shape index (κ2) is 4.85. The lowest BCUT2D eigenvalue weighted by atomic mass is 9.34. The van der Waals surface area contributed by atoms with Crippen LogP contribution in [0.5, 0.6) is 0 Å². The number of allylic oxidation sites excluding steroid dienone is 2. The Morgan fingerprint density at radius 2 is 1.87 bits per heavy atom. The number of hydrogen-bond acceptors (Lipinski definition) is 5. The zero-order valence-electron chi connectivity index (χ0n) is 18.2. The molecule has 1 aliphatic heterocycles.